The van der Waals surface area contributed by atoms with Crippen molar-refractivity contribution in [3.05, 3.63) is 52.6 Å². The molecule has 0 aliphatic rings. The third-order valence-electron chi connectivity index (χ3n) is 2.46. The summed E-state index contributed by atoms with van der Waals surface area (Å²) in [5.41, 5.74) is 1.68. The average Bonchev–Trinajstić information content (AvgIpc) is 2.40. The number of aromatic nitrogens is 2. The summed E-state index contributed by atoms with van der Waals surface area (Å²) in [6.45, 7) is 2.08. The molecule has 0 bridgehead atoms. The van der Waals surface area contributed by atoms with Crippen molar-refractivity contribution in [3.63, 3.8) is 0 Å². The zero-order valence-corrected chi connectivity index (χ0v) is 11.0. The molecule has 1 aromatic heterocycles. The first kappa shape index (κ1) is 13.3. The molecular formula is C13H12ClN3O2. The van der Waals surface area contributed by atoms with Crippen LogP contribution in [0.4, 0.5) is 0 Å². The minimum absolute atomic E-state index is 0.00956. The van der Waals surface area contributed by atoms with Crippen molar-refractivity contribution in [1.82, 2.24) is 15.3 Å². The molecule has 1 heterocycles. The van der Waals surface area contributed by atoms with Crippen LogP contribution >= 0.6 is 11.6 Å². The van der Waals surface area contributed by atoms with E-state index in [1.807, 2.05) is 6.92 Å². The van der Waals surface area contributed by atoms with Gasteiger partial charge in [0.25, 0.3) is 5.91 Å². The number of carbonyl (C=O) groups excluding carboxylic acids is 1. The molecule has 0 aliphatic heterocycles. The molecule has 98 valence electrons. The Hall–Kier alpha value is -2.14. The van der Waals surface area contributed by atoms with E-state index in [0.717, 1.165) is 5.69 Å². The largest absolute Gasteiger partial charge is 0.508 e. The summed E-state index contributed by atoms with van der Waals surface area (Å²) in [5.74, 6) is -0.382. The number of phenols is 1. The summed E-state index contributed by atoms with van der Waals surface area (Å²) in [4.78, 5) is 20.1. The topological polar surface area (TPSA) is 75.1 Å². The van der Waals surface area contributed by atoms with Gasteiger partial charge >= 0.3 is 0 Å². The molecule has 2 N–H and O–H groups in total. The lowest BCUT2D eigenvalue weighted by atomic mass is 10.2. The highest BCUT2D eigenvalue weighted by molar-refractivity contribution is 6.33. The average molecular weight is 278 g/mol. The fourth-order valence-electron chi connectivity index (χ4n) is 1.46. The van der Waals surface area contributed by atoms with E-state index in [-0.39, 0.29) is 28.8 Å². The molecule has 0 unspecified atom stereocenters. The van der Waals surface area contributed by atoms with Gasteiger partial charge in [0.05, 0.1) is 34.7 Å². The highest BCUT2D eigenvalue weighted by Gasteiger charge is 2.11. The fourth-order valence-corrected chi connectivity index (χ4v) is 1.67. The van der Waals surface area contributed by atoms with E-state index in [2.05, 4.69) is 15.3 Å². The van der Waals surface area contributed by atoms with Crippen LogP contribution in [0.5, 0.6) is 5.75 Å². The second-order valence-electron chi connectivity index (χ2n) is 4.00. The lowest BCUT2D eigenvalue weighted by Crippen LogP contribution is -2.23. The number of nitrogens with one attached hydrogen (secondary N) is 1. The summed E-state index contributed by atoms with van der Waals surface area (Å²) >= 11 is 5.89. The number of halogens is 1. The van der Waals surface area contributed by atoms with Gasteiger partial charge < -0.3 is 10.4 Å². The number of aryl methyl sites for hydroxylation is 1. The van der Waals surface area contributed by atoms with Gasteiger partial charge in [-0.2, -0.15) is 0 Å². The predicted octanol–water partition coefficient (Wildman–Crippen LogP) is 2.07. The smallest absolute Gasteiger partial charge is 0.253 e. The lowest BCUT2D eigenvalue weighted by molar-refractivity contribution is 0.0950. The molecule has 0 saturated carbocycles. The van der Waals surface area contributed by atoms with Crippen LogP contribution in [-0.2, 0) is 6.54 Å². The molecule has 0 spiro atoms. The number of nitrogens with zero attached hydrogens (tertiary/aromatic N) is 2. The van der Waals surface area contributed by atoms with E-state index < -0.39 is 0 Å². The van der Waals surface area contributed by atoms with E-state index in [1.54, 1.807) is 12.4 Å². The third kappa shape index (κ3) is 3.42. The highest BCUT2D eigenvalue weighted by atomic mass is 35.5. The minimum Gasteiger partial charge on any atom is -0.508 e. The van der Waals surface area contributed by atoms with Gasteiger partial charge in [-0.25, -0.2) is 0 Å². The first-order chi connectivity index (χ1) is 9.06. The van der Waals surface area contributed by atoms with Crippen molar-refractivity contribution in [2.75, 3.05) is 0 Å². The number of benzene rings is 1. The maximum atomic E-state index is 11.9. The van der Waals surface area contributed by atoms with Gasteiger partial charge in [0.15, 0.2) is 0 Å². The van der Waals surface area contributed by atoms with Crippen LogP contribution in [0.15, 0.2) is 30.6 Å². The molecule has 1 aromatic carbocycles. The quantitative estimate of drug-likeness (QED) is 0.901. The molecular weight excluding hydrogens is 266 g/mol. The maximum Gasteiger partial charge on any atom is 0.253 e. The molecule has 19 heavy (non-hydrogen) atoms. The van der Waals surface area contributed by atoms with Crippen LogP contribution in [0.3, 0.4) is 0 Å². The van der Waals surface area contributed by atoms with Crippen molar-refractivity contribution in [2.45, 2.75) is 13.5 Å². The summed E-state index contributed by atoms with van der Waals surface area (Å²) in [7, 11) is 0. The van der Waals surface area contributed by atoms with E-state index in [0.29, 0.717) is 5.69 Å². The lowest BCUT2D eigenvalue weighted by Gasteiger charge is -2.06. The Labute approximate surface area is 115 Å². The van der Waals surface area contributed by atoms with E-state index in [1.165, 1.54) is 18.2 Å². The van der Waals surface area contributed by atoms with E-state index in [4.69, 9.17) is 11.6 Å². The van der Waals surface area contributed by atoms with Gasteiger partial charge in [-0.1, -0.05) is 11.6 Å². The summed E-state index contributed by atoms with van der Waals surface area (Å²) in [6, 6.07) is 4.21. The molecule has 0 aliphatic carbocycles. The molecule has 0 fully saturated rings. The maximum absolute atomic E-state index is 11.9. The first-order valence-corrected chi connectivity index (χ1v) is 5.98. The molecule has 0 saturated heterocycles. The molecule has 0 radical (unpaired) electrons. The van der Waals surface area contributed by atoms with Gasteiger partial charge in [-0.15, -0.1) is 0 Å². The Morgan fingerprint density at radius 3 is 2.84 bits per heavy atom. The first-order valence-electron chi connectivity index (χ1n) is 5.60. The Bertz CT molecular complexity index is 599. The van der Waals surface area contributed by atoms with Crippen LogP contribution in [0.25, 0.3) is 0 Å². The molecule has 2 aromatic rings. The second-order valence-corrected chi connectivity index (χ2v) is 4.40. The van der Waals surface area contributed by atoms with Crippen molar-refractivity contribution in [2.24, 2.45) is 0 Å². The Balaban J connectivity index is 2.05. The zero-order chi connectivity index (χ0) is 13.8. The SMILES string of the molecule is Cc1cnc(CNC(=O)c2cc(O)ccc2Cl)cn1. The summed E-state index contributed by atoms with van der Waals surface area (Å²) in [6.07, 6.45) is 3.22. The summed E-state index contributed by atoms with van der Waals surface area (Å²) in [5, 5.41) is 12.3. The molecule has 2 rings (SSSR count). The molecule has 6 heteroatoms. The third-order valence-corrected chi connectivity index (χ3v) is 2.79. The Morgan fingerprint density at radius 1 is 1.37 bits per heavy atom. The van der Waals surface area contributed by atoms with Crippen molar-refractivity contribution in [3.8, 4) is 5.75 Å². The highest BCUT2D eigenvalue weighted by Crippen LogP contribution is 2.20. The number of phenolic OH excluding ortho intramolecular Hbond substituents is 1. The number of carbonyl (C=O) groups is 1. The van der Waals surface area contributed by atoms with Crippen LogP contribution in [-0.4, -0.2) is 21.0 Å². The van der Waals surface area contributed by atoms with Crippen LogP contribution in [0, 0.1) is 6.92 Å². The standard InChI is InChI=1S/C13H12ClN3O2/c1-8-5-16-9(6-15-8)7-17-13(19)11-4-10(18)2-3-12(11)14/h2-6,18H,7H2,1H3,(H,17,19). The normalized spacial score (nSPS) is 10.2. The zero-order valence-electron chi connectivity index (χ0n) is 10.2. The van der Waals surface area contributed by atoms with Gasteiger partial charge in [-0.05, 0) is 25.1 Å². The number of aromatic hydroxyl groups is 1. The molecule has 5 nitrogen and oxygen atoms in total. The monoisotopic (exact) mass is 277 g/mol. The van der Waals surface area contributed by atoms with E-state index >= 15 is 0 Å². The van der Waals surface area contributed by atoms with Gasteiger partial charge in [-0.3, -0.25) is 14.8 Å². The minimum atomic E-state index is -0.372. The number of amides is 1. The molecule has 1 amide bonds. The number of hydrogen-bond donors (Lipinski definition) is 2. The van der Waals surface area contributed by atoms with Gasteiger partial charge in [0, 0.05) is 6.20 Å². The van der Waals surface area contributed by atoms with Crippen molar-refractivity contribution < 1.29 is 9.90 Å². The second kappa shape index (κ2) is 5.67. The summed E-state index contributed by atoms with van der Waals surface area (Å²) < 4.78 is 0. The predicted molar refractivity (Wildman–Crippen MR) is 71.1 cm³/mol. The number of hydrogen-bond acceptors (Lipinski definition) is 4. The Kier molecular flexibility index (Phi) is 3.97. The van der Waals surface area contributed by atoms with Crippen molar-refractivity contribution >= 4 is 17.5 Å². The Morgan fingerprint density at radius 2 is 2.16 bits per heavy atom. The van der Waals surface area contributed by atoms with Crippen LogP contribution in [0.1, 0.15) is 21.7 Å². The van der Waals surface area contributed by atoms with E-state index in [9.17, 15) is 9.90 Å². The van der Waals surface area contributed by atoms with Crippen LogP contribution < -0.4 is 5.32 Å². The van der Waals surface area contributed by atoms with Gasteiger partial charge in [0.2, 0.25) is 0 Å². The fraction of sp³-hybridized carbons (Fsp3) is 0.154. The molecule has 0 atom stereocenters. The van der Waals surface area contributed by atoms with Crippen LogP contribution in [0.2, 0.25) is 5.02 Å². The number of rotatable bonds is 3. The van der Waals surface area contributed by atoms with Crippen molar-refractivity contribution in [1.29, 1.82) is 0 Å². The van der Waals surface area contributed by atoms with Gasteiger partial charge in [0.1, 0.15) is 5.75 Å².